The van der Waals surface area contributed by atoms with Crippen molar-refractivity contribution in [2.24, 2.45) is 0 Å². The minimum Gasteiger partial charge on any atom is -0.325 e. The second-order valence-corrected chi connectivity index (χ2v) is 7.24. The van der Waals surface area contributed by atoms with Gasteiger partial charge in [-0.05, 0) is 63.5 Å². The molecular formula is C21H15Cl2N5O. The fourth-order valence-electron chi connectivity index (χ4n) is 2.93. The average Bonchev–Trinajstić information content (AvgIpc) is 3.25. The zero-order valence-electron chi connectivity index (χ0n) is 15.1. The maximum atomic E-state index is 12.6. The molecule has 0 bridgehead atoms. The zero-order valence-corrected chi connectivity index (χ0v) is 16.6. The number of rotatable bonds is 5. The molecule has 1 aromatic heterocycles. The lowest BCUT2D eigenvalue weighted by atomic mass is 10.0. The van der Waals surface area contributed by atoms with Gasteiger partial charge in [0.15, 0.2) is 5.82 Å². The molecule has 0 unspecified atom stereocenters. The van der Waals surface area contributed by atoms with Gasteiger partial charge in [0.2, 0.25) is 5.91 Å². The Hall–Kier alpha value is -3.22. The molecule has 0 aliphatic rings. The van der Waals surface area contributed by atoms with Gasteiger partial charge in [0.05, 0.1) is 12.1 Å². The summed E-state index contributed by atoms with van der Waals surface area (Å²) in [6, 6.07) is 20.4. The van der Waals surface area contributed by atoms with Crippen molar-refractivity contribution >= 4 is 34.8 Å². The van der Waals surface area contributed by atoms with Crippen molar-refractivity contribution in [3.8, 4) is 22.5 Å². The van der Waals surface area contributed by atoms with Crippen molar-refractivity contribution in [2.75, 3.05) is 5.32 Å². The van der Waals surface area contributed by atoms with Crippen molar-refractivity contribution < 1.29 is 4.79 Å². The maximum Gasteiger partial charge on any atom is 0.228 e. The van der Waals surface area contributed by atoms with Crippen molar-refractivity contribution in [3.05, 3.63) is 82.3 Å². The summed E-state index contributed by atoms with van der Waals surface area (Å²) in [4.78, 5) is 12.6. The molecule has 0 aliphatic carbocycles. The van der Waals surface area contributed by atoms with Gasteiger partial charge in [-0.1, -0.05) is 53.5 Å². The fraction of sp³-hybridized carbons (Fsp3) is 0.0476. The molecule has 0 atom stereocenters. The van der Waals surface area contributed by atoms with E-state index in [9.17, 15) is 4.79 Å². The van der Waals surface area contributed by atoms with E-state index >= 15 is 0 Å². The van der Waals surface area contributed by atoms with Gasteiger partial charge in [0.1, 0.15) is 0 Å². The number of amides is 1. The third-order valence-electron chi connectivity index (χ3n) is 4.35. The molecule has 3 aromatic carbocycles. The van der Waals surface area contributed by atoms with Crippen LogP contribution in [0.25, 0.3) is 22.5 Å². The topological polar surface area (TPSA) is 83.6 Å². The molecule has 4 rings (SSSR count). The van der Waals surface area contributed by atoms with E-state index in [1.807, 2.05) is 54.6 Å². The Morgan fingerprint density at radius 2 is 1.55 bits per heavy atom. The SMILES string of the molecule is O=C(Cc1ccc(Cl)cc1)Nc1ccc(-c2ccc(Cl)cc2)cc1-c1nnn[nH]1. The number of hydrogen-bond acceptors (Lipinski definition) is 4. The largest absolute Gasteiger partial charge is 0.325 e. The van der Waals surface area contributed by atoms with Crippen LogP contribution in [0, 0.1) is 0 Å². The molecule has 0 spiro atoms. The van der Waals surface area contributed by atoms with Crippen molar-refractivity contribution in [2.45, 2.75) is 6.42 Å². The molecule has 6 nitrogen and oxygen atoms in total. The monoisotopic (exact) mass is 423 g/mol. The summed E-state index contributed by atoms with van der Waals surface area (Å²) >= 11 is 11.9. The average molecular weight is 424 g/mol. The summed E-state index contributed by atoms with van der Waals surface area (Å²) in [5.74, 6) is 0.308. The summed E-state index contributed by atoms with van der Waals surface area (Å²) in [6.07, 6.45) is 0.226. The number of anilines is 1. The number of halogens is 2. The molecule has 2 N–H and O–H groups in total. The van der Waals surface area contributed by atoms with Crippen molar-refractivity contribution in [3.63, 3.8) is 0 Å². The van der Waals surface area contributed by atoms with E-state index in [0.29, 0.717) is 27.1 Å². The first-order valence-electron chi connectivity index (χ1n) is 8.77. The smallest absolute Gasteiger partial charge is 0.228 e. The van der Waals surface area contributed by atoms with Gasteiger partial charge in [-0.25, -0.2) is 5.10 Å². The molecule has 8 heteroatoms. The number of aromatic amines is 1. The van der Waals surface area contributed by atoms with Crippen LogP contribution >= 0.6 is 23.2 Å². The summed E-state index contributed by atoms with van der Waals surface area (Å²) in [5.41, 5.74) is 4.10. The van der Waals surface area contributed by atoms with E-state index in [1.165, 1.54) is 0 Å². The van der Waals surface area contributed by atoms with Crippen molar-refractivity contribution in [1.29, 1.82) is 0 Å². The second-order valence-electron chi connectivity index (χ2n) is 6.37. The van der Waals surface area contributed by atoms with Crippen LogP contribution in [0.2, 0.25) is 10.0 Å². The molecule has 0 fully saturated rings. The van der Waals surface area contributed by atoms with E-state index in [4.69, 9.17) is 23.2 Å². The number of hydrogen-bond donors (Lipinski definition) is 2. The van der Waals surface area contributed by atoms with Gasteiger partial charge < -0.3 is 5.32 Å². The molecule has 0 radical (unpaired) electrons. The fourth-order valence-corrected chi connectivity index (χ4v) is 3.18. The van der Waals surface area contributed by atoms with Crippen LogP contribution in [-0.4, -0.2) is 26.5 Å². The van der Waals surface area contributed by atoms with Gasteiger partial charge >= 0.3 is 0 Å². The molecular weight excluding hydrogens is 409 g/mol. The lowest BCUT2D eigenvalue weighted by Gasteiger charge is -2.12. The normalized spacial score (nSPS) is 10.7. The quantitative estimate of drug-likeness (QED) is 0.471. The van der Waals surface area contributed by atoms with Crippen LogP contribution in [-0.2, 0) is 11.2 Å². The van der Waals surface area contributed by atoms with Gasteiger partial charge in [0, 0.05) is 15.6 Å². The highest BCUT2D eigenvalue weighted by Crippen LogP contribution is 2.31. The lowest BCUT2D eigenvalue weighted by molar-refractivity contribution is -0.115. The molecule has 0 aliphatic heterocycles. The van der Waals surface area contributed by atoms with Crippen LogP contribution in [0.1, 0.15) is 5.56 Å². The Bertz CT molecular complexity index is 1130. The molecule has 0 saturated heterocycles. The molecule has 1 amide bonds. The summed E-state index contributed by atoms with van der Waals surface area (Å²) < 4.78 is 0. The number of carbonyl (C=O) groups excluding carboxylic acids is 1. The molecule has 4 aromatic rings. The van der Waals surface area contributed by atoms with Gasteiger partial charge in [0.25, 0.3) is 0 Å². The summed E-state index contributed by atoms with van der Waals surface area (Å²) in [5, 5.41) is 18.3. The summed E-state index contributed by atoms with van der Waals surface area (Å²) in [7, 11) is 0. The number of benzene rings is 3. The van der Waals surface area contributed by atoms with Gasteiger partial charge in [-0.3, -0.25) is 4.79 Å². The Morgan fingerprint density at radius 3 is 2.21 bits per heavy atom. The van der Waals surface area contributed by atoms with E-state index in [-0.39, 0.29) is 12.3 Å². The Kier molecular flexibility index (Phi) is 5.55. The van der Waals surface area contributed by atoms with E-state index < -0.39 is 0 Å². The number of nitrogens with zero attached hydrogens (tertiary/aromatic N) is 3. The number of carbonyl (C=O) groups is 1. The third kappa shape index (κ3) is 4.62. The highest BCUT2D eigenvalue weighted by Gasteiger charge is 2.14. The molecule has 144 valence electrons. The molecule has 1 heterocycles. The molecule has 29 heavy (non-hydrogen) atoms. The third-order valence-corrected chi connectivity index (χ3v) is 4.85. The predicted molar refractivity (Wildman–Crippen MR) is 114 cm³/mol. The number of tetrazole rings is 1. The first-order valence-corrected chi connectivity index (χ1v) is 9.52. The van der Waals surface area contributed by atoms with Crippen molar-refractivity contribution in [1.82, 2.24) is 20.6 Å². The minimum absolute atomic E-state index is 0.153. The number of nitrogens with one attached hydrogen (secondary N) is 2. The van der Waals surface area contributed by atoms with Crippen LogP contribution in [0.15, 0.2) is 66.7 Å². The number of H-pyrrole nitrogens is 1. The van der Waals surface area contributed by atoms with E-state index in [1.54, 1.807) is 12.1 Å². The maximum absolute atomic E-state index is 12.6. The Morgan fingerprint density at radius 1 is 0.897 bits per heavy atom. The Balaban J connectivity index is 1.62. The van der Waals surface area contributed by atoms with Crippen LogP contribution < -0.4 is 5.32 Å². The first kappa shape index (κ1) is 19.1. The van der Waals surface area contributed by atoms with Gasteiger partial charge in [-0.2, -0.15) is 0 Å². The summed E-state index contributed by atoms with van der Waals surface area (Å²) in [6.45, 7) is 0. The first-order chi connectivity index (χ1) is 14.1. The number of aromatic nitrogens is 4. The lowest BCUT2D eigenvalue weighted by Crippen LogP contribution is -2.15. The highest BCUT2D eigenvalue weighted by atomic mass is 35.5. The highest BCUT2D eigenvalue weighted by molar-refractivity contribution is 6.30. The second kappa shape index (κ2) is 8.43. The van der Waals surface area contributed by atoms with Gasteiger partial charge in [-0.15, -0.1) is 5.10 Å². The van der Waals surface area contributed by atoms with E-state index in [2.05, 4.69) is 25.9 Å². The van der Waals surface area contributed by atoms with Crippen LogP contribution in [0.3, 0.4) is 0 Å². The van der Waals surface area contributed by atoms with E-state index in [0.717, 1.165) is 16.7 Å². The zero-order chi connectivity index (χ0) is 20.2. The van der Waals surface area contributed by atoms with Crippen LogP contribution in [0.4, 0.5) is 5.69 Å². The Labute approximate surface area is 176 Å². The van der Waals surface area contributed by atoms with Crippen LogP contribution in [0.5, 0.6) is 0 Å². The molecule has 0 saturated carbocycles. The standard InChI is InChI=1S/C21H15Cl2N5O/c22-16-6-1-13(2-7-16)11-20(29)24-19-10-5-15(14-3-8-17(23)9-4-14)12-18(19)21-25-27-28-26-21/h1-10,12H,11H2,(H,24,29)(H,25,26,27,28). The minimum atomic E-state index is -0.153. The predicted octanol–water partition coefficient (Wildman–Crippen LogP) is 5.02.